The maximum absolute atomic E-state index is 6.54. The van der Waals surface area contributed by atoms with Crippen LogP contribution in [-0.2, 0) is 9.05 Å². The van der Waals surface area contributed by atoms with Gasteiger partial charge < -0.3 is 9.05 Å². The summed E-state index contributed by atoms with van der Waals surface area (Å²) in [5.74, 6) is 0. The first-order valence-electron chi connectivity index (χ1n) is 8.80. The van der Waals surface area contributed by atoms with Crippen LogP contribution in [0, 0.1) is 0 Å². The molecule has 3 rings (SSSR count). The first-order valence-corrected chi connectivity index (χ1v) is 10.6. The van der Waals surface area contributed by atoms with Crippen LogP contribution in [0.1, 0.15) is 77.0 Å². The van der Waals surface area contributed by atoms with E-state index in [4.69, 9.17) is 13.8 Å². The van der Waals surface area contributed by atoms with Crippen LogP contribution < -0.4 is 0 Å². The standard InChI is InChI=1S/C16H30NO2P/c1-3-9-15(10-4-1)18-20(14-8-7-13-17-20)19-16-11-5-2-6-12-16/h15-16H,1-14H2. The monoisotopic (exact) mass is 299 g/mol. The van der Waals surface area contributed by atoms with Gasteiger partial charge in [0.2, 0.25) is 7.51 Å². The number of rotatable bonds is 4. The Kier molecular flexibility index (Phi) is 5.59. The molecular formula is C16H30NO2P. The van der Waals surface area contributed by atoms with Crippen molar-refractivity contribution in [2.45, 2.75) is 89.3 Å². The quantitative estimate of drug-likeness (QED) is 0.641. The number of nitrogens with zero attached hydrogens (tertiary/aromatic N) is 1. The molecular weight excluding hydrogens is 269 g/mol. The molecule has 0 N–H and O–H groups in total. The highest BCUT2D eigenvalue weighted by Gasteiger charge is 2.32. The lowest BCUT2D eigenvalue weighted by Gasteiger charge is -2.36. The Labute approximate surface area is 124 Å². The Morgan fingerprint density at radius 3 is 1.65 bits per heavy atom. The summed E-state index contributed by atoms with van der Waals surface area (Å²) < 4.78 is 18.0. The fourth-order valence-electron chi connectivity index (χ4n) is 3.72. The molecule has 2 aliphatic carbocycles. The van der Waals surface area contributed by atoms with Crippen LogP contribution in [0.3, 0.4) is 0 Å². The average Bonchev–Trinajstić information content (AvgIpc) is 2.50. The molecule has 2 saturated carbocycles. The van der Waals surface area contributed by atoms with Crippen molar-refractivity contribution >= 4 is 7.51 Å². The minimum Gasteiger partial charge on any atom is -0.320 e. The molecule has 3 aliphatic rings. The van der Waals surface area contributed by atoms with Crippen LogP contribution in [0.5, 0.6) is 0 Å². The van der Waals surface area contributed by atoms with Crippen molar-refractivity contribution in [3.8, 4) is 0 Å². The first kappa shape index (κ1) is 15.1. The summed E-state index contributed by atoms with van der Waals surface area (Å²) in [5, 5.41) is 0. The molecule has 1 heterocycles. The van der Waals surface area contributed by atoms with E-state index in [-0.39, 0.29) is 0 Å². The summed E-state index contributed by atoms with van der Waals surface area (Å²) in [6, 6.07) is 0. The highest BCUT2D eigenvalue weighted by Crippen LogP contribution is 2.58. The highest BCUT2D eigenvalue weighted by molar-refractivity contribution is 7.56. The van der Waals surface area contributed by atoms with Crippen LogP contribution in [0.15, 0.2) is 4.74 Å². The van der Waals surface area contributed by atoms with E-state index < -0.39 is 7.51 Å². The minimum atomic E-state index is -1.90. The van der Waals surface area contributed by atoms with Gasteiger partial charge in [0.25, 0.3) is 0 Å². The van der Waals surface area contributed by atoms with Crippen LogP contribution in [0.25, 0.3) is 0 Å². The second kappa shape index (κ2) is 7.42. The molecule has 0 radical (unpaired) electrons. The van der Waals surface area contributed by atoms with E-state index in [1.807, 2.05) is 0 Å². The smallest absolute Gasteiger partial charge is 0.213 e. The molecule has 0 bridgehead atoms. The lowest BCUT2D eigenvalue weighted by molar-refractivity contribution is 0.0948. The molecule has 3 nitrogen and oxygen atoms in total. The van der Waals surface area contributed by atoms with Crippen molar-refractivity contribution in [2.24, 2.45) is 4.74 Å². The number of hydrogen-bond donors (Lipinski definition) is 0. The van der Waals surface area contributed by atoms with E-state index in [1.54, 1.807) is 0 Å². The molecule has 4 heteroatoms. The maximum Gasteiger partial charge on any atom is 0.213 e. The van der Waals surface area contributed by atoms with Gasteiger partial charge in [-0.2, -0.15) is 0 Å². The topological polar surface area (TPSA) is 30.8 Å². The molecule has 0 spiro atoms. The third kappa shape index (κ3) is 4.08. The molecule has 0 saturated heterocycles. The summed E-state index contributed by atoms with van der Waals surface area (Å²) in [5.41, 5.74) is 0. The molecule has 20 heavy (non-hydrogen) atoms. The predicted octanol–water partition coefficient (Wildman–Crippen LogP) is 5.51. The summed E-state index contributed by atoms with van der Waals surface area (Å²) in [4.78, 5) is 0. The van der Waals surface area contributed by atoms with Crippen LogP contribution >= 0.6 is 7.51 Å². The Bertz CT molecular complexity index is 322. The van der Waals surface area contributed by atoms with E-state index in [1.165, 1.54) is 77.0 Å². The normalized spacial score (nSPS) is 29.0. The second-order valence-electron chi connectivity index (χ2n) is 6.66. The SMILES string of the molecule is C1CCC(OP2(OC3CCCCC3)=NCCCC2)CC1. The van der Waals surface area contributed by atoms with Gasteiger partial charge in [-0.15, -0.1) is 0 Å². The van der Waals surface area contributed by atoms with Crippen LogP contribution in [-0.4, -0.2) is 24.9 Å². The molecule has 0 atom stereocenters. The lowest BCUT2D eigenvalue weighted by Crippen LogP contribution is -2.22. The van der Waals surface area contributed by atoms with Crippen molar-refractivity contribution in [3.05, 3.63) is 0 Å². The van der Waals surface area contributed by atoms with E-state index in [0.717, 1.165) is 12.7 Å². The zero-order valence-corrected chi connectivity index (χ0v) is 13.7. The van der Waals surface area contributed by atoms with Gasteiger partial charge in [-0.05, 0) is 38.5 Å². The summed E-state index contributed by atoms with van der Waals surface area (Å²) in [7, 11) is -1.90. The van der Waals surface area contributed by atoms with Crippen molar-refractivity contribution in [2.75, 3.05) is 12.7 Å². The van der Waals surface area contributed by atoms with Gasteiger partial charge in [0.1, 0.15) is 0 Å². The van der Waals surface area contributed by atoms with Crippen LogP contribution in [0.2, 0.25) is 0 Å². The van der Waals surface area contributed by atoms with Crippen molar-refractivity contribution < 1.29 is 9.05 Å². The van der Waals surface area contributed by atoms with E-state index in [9.17, 15) is 0 Å². The van der Waals surface area contributed by atoms with E-state index >= 15 is 0 Å². The van der Waals surface area contributed by atoms with E-state index in [0.29, 0.717) is 12.2 Å². The molecule has 0 unspecified atom stereocenters. The average molecular weight is 299 g/mol. The molecule has 0 amide bonds. The molecule has 0 aromatic carbocycles. The Morgan fingerprint density at radius 2 is 1.20 bits per heavy atom. The van der Waals surface area contributed by atoms with Crippen molar-refractivity contribution in [1.29, 1.82) is 0 Å². The van der Waals surface area contributed by atoms with Gasteiger partial charge in [-0.25, -0.2) is 0 Å². The molecule has 2 fully saturated rings. The molecule has 0 aromatic heterocycles. The van der Waals surface area contributed by atoms with Crippen LogP contribution in [0.4, 0.5) is 0 Å². The predicted molar refractivity (Wildman–Crippen MR) is 84.2 cm³/mol. The second-order valence-corrected chi connectivity index (χ2v) is 9.09. The summed E-state index contributed by atoms with van der Waals surface area (Å²) >= 11 is 0. The molecule has 1 aliphatic heterocycles. The van der Waals surface area contributed by atoms with Gasteiger partial charge in [-0.3, -0.25) is 4.74 Å². The third-order valence-corrected chi connectivity index (χ3v) is 7.66. The van der Waals surface area contributed by atoms with E-state index in [2.05, 4.69) is 0 Å². The molecule has 0 aromatic rings. The van der Waals surface area contributed by atoms with Crippen molar-refractivity contribution in [1.82, 2.24) is 0 Å². The Balaban J connectivity index is 1.65. The summed E-state index contributed by atoms with van der Waals surface area (Å²) in [6.07, 6.45) is 17.4. The Morgan fingerprint density at radius 1 is 0.650 bits per heavy atom. The minimum absolute atomic E-state index is 0.433. The van der Waals surface area contributed by atoms with Gasteiger partial charge in [0.15, 0.2) is 0 Å². The van der Waals surface area contributed by atoms with Gasteiger partial charge in [-0.1, -0.05) is 38.5 Å². The van der Waals surface area contributed by atoms with Gasteiger partial charge in [0, 0.05) is 12.7 Å². The van der Waals surface area contributed by atoms with Gasteiger partial charge in [0.05, 0.1) is 12.2 Å². The zero-order valence-electron chi connectivity index (χ0n) is 12.8. The summed E-state index contributed by atoms with van der Waals surface area (Å²) in [6.45, 7) is 0.965. The lowest BCUT2D eigenvalue weighted by atomic mass is 9.98. The highest BCUT2D eigenvalue weighted by atomic mass is 31.2. The number of hydrogen-bond acceptors (Lipinski definition) is 3. The largest absolute Gasteiger partial charge is 0.320 e. The first-order chi connectivity index (χ1) is 9.86. The third-order valence-electron chi connectivity index (χ3n) is 4.90. The fraction of sp³-hybridized carbons (Fsp3) is 1.00. The zero-order chi connectivity index (χ0) is 13.7. The maximum atomic E-state index is 6.54. The fourth-order valence-corrected chi connectivity index (χ4v) is 6.68. The van der Waals surface area contributed by atoms with Gasteiger partial charge >= 0.3 is 0 Å². The molecule has 116 valence electrons. The Hall–Kier alpha value is 0.150. The van der Waals surface area contributed by atoms with Crippen molar-refractivity contribution in [3.63, 3.8) is 0 Å².